The Hall–Kier alpha value is -2.41. The van der Waals surface area contributed by atoms with Crippen molar-refractivity contribution in [2.45, 2.75) is 6.92 Å². The molecule has 104 valence electrons. The fourth-order valence-electron chi connectivity index (χ4n) is 1.64. The summed E-state index contributed by atoms with van der Waals surface area (Å²) in [6, 6.07) is 4.27. The third kappa shape index (κ3) is 2.77. The number of hydrogen-bond acceptors (Lipinski definition) is 5. The largest absolute Gasteiger partial charge is 0.495 e. The molecule has 20 heavy (non-hydrogen) atoms. The van der Waals surface area contributed by atoms with E-state index in [4.69, 9.17) is 9.84 Å². The number of aromatic carboxylic acids is 1. The molecule has 0 saturated carbocycles. The number of rotatable bonds is 4. The van der Waals surface area contributed by atoms with Gasteiger partial charge in [-0.2, -0.15) is 0 Å². The van der Waals surface area contributed by atoms with Gasteiger partial charge >= 0.3 is 5.97 Å². The Kier molecular flexibility index (Phi) is 3.99. The standard InChI is InChI=1S/C13H12N2O4S/c1-7-11(20-6-14-7)12(16)15-9-5-8(13(17)18)3-4-10(9)19-2/h3-6H,1-2H3,(H,15,16)(H,17,18). The van der Waals surface area contributed by atoms with Gasteiger partial charge in [-0.3, -0.25) is 4.79 Å². The van der Waals surface area contributed by atoms with Gasteiger partial charge in [-0.15, -0.1) is 11.3 Å². The minimum absolute atomic E-state index is 0.0714. The molecule has 6 nitrogen and oxygen atoms in total. The lowest BCUT2D eigenvalue weighted by molar-refractivity contribution is 0.0696. The predicted octanol–water partition coefficient (Wildman–Crippen LogP) is 2.41. The van der Waals surface area contributed by atoms with Crippen LogP contribution < -0.4 is 10.1 Å². The number of carbonyl (C=O) groups is 2. The molecule has 1 amide bonds. The highest BCUT2D eigenvalue weighted by Crippen LogP contribution is 2.26. The maximum atomic E-state index is 12.1. The second-order valence-corrected chi connectivity index (χ2v) is 4.80. The van der Waals surface area contributed by atoms with Gasteiger partial charge in [-0.25, -0.2) is 9.78 Å². The third-order valence-electron chi connectivity index (χ3n) is 2.65. The van der Waals surface area contributed by atoms with E-state index in [-0.39, 0.29) is 11.5 Å². The van der Waals surface area contributed by atoms with E-state index in [0.29, 0.717) is 22.0 Å². The first kappa shape index (κ1) is 14.0. The number of nitrogens with one attached hydrogen (secondary N) is 1. The number of carboxylic acids is 1. The molecule has 0 aliphatic carbocycles. The van der Waals surface area contributed by atoms with Crippen LogP contribution in [0.4, 0.5) is 5.69 Å². The van der Waals surface area contributed by atoms with Crippen molar-refractivity contribution in [1.82, 2.24) is 4.98 Å². The first-order valence-electron chi connectivity index (χ1n) is 5.65. The highest BCUT2D eigenvalue weighted by atomic mass is 32.1. The van der Waals surface area contributed by atoms with E-state index < -0.39 is 5.97 Å². The monoisotopic (exact) mass is 292 g/mol. The fourth-order valence-corrected chi connectivity index (χ4v) is 2.34. The van der Waals surface area contributed by atoms with E-state index >= 15 is 0 Å². The number of carboxylic acid groups (broad SMARTS) is 1. The highest BCUT2D eigenvalue weighted by Gasteiger charge is 2.15. The van der Waals surface area contributed by atoms with E-state index in [1.807, 2.05) is 0 Å². The Morgan fingerprint density at radius 2 is 2.15 bits per heavy atom. The number of nitrogens with zero attached hydrogens (tertiary/aromatic N) is 1. The summed E-state index contributed by atoms with van der Waals surface area (Å²) in [5.74, 6) is -1.02. The van der Waals surface area contributed by atoms with E-state index in [1.54, 1.807) is 12.4 Å². The quantitative estimate of drug-likeness (QED) is 0.903. The van der Waals surface area contributed by atoms with Crippen molar-refractivity contribution in [1.29, 1.82) is 0 Å². The van der Waals surface area contributed by atoms with E-state index in [0.717, 1.165) is 0 Å². The molecule has 1 aromatic heterocycles. The molecule has 2 rings (SSSR count). The van der Waals surface area contributed by atoms with E-state index in [9.17, 15) is 9.59 Å². The number of methoxy groups -OCH3 is 1. The SMILES string of the molecule is COc1ccc(C(=O)O)cc1NC(=O)c1scnc1C. The van der Waals surface area contributed by atoms with Crippen LogP contribution in [0, 0.1) is 6.92 Å². The molecule has 2 aromatic rings. The Bertz CT molecular complexity index is 666. The number of aromatic nitrogens is 1. The van der Waals surface area contributed by atoms with Crippen LogP contribution in [0.3, 0.4) is 0 Å². The molecule has 0 aliphatic heterocycles. The molecule has 7 heteroatoms. The van der Waals surface area contributed by atoms with Crippen LogP contribution in [0.15, 0.2) is 23.7 Å². The average Bonchev–Trinajstić information content (AvgIpc) is 2.84. The third-order valence-corrected chi connectivity index (χ3v) is 3.57. The molecule has 0 unspecified atom stereocenters. The maximum absolute atomic E-state index is 12.1. The van der Waals surface area contributed by atoms with Crippen LogP contribution >= 0.6 is 11.3 Å². The lowest BCUT2D eigenvalue weighted by atomic mass is 10.2. The second-order valence-electron chi connectivity index (χ2n) is 3.94. The zero-order valence-corrected chi connectivity index (χ0v) is 11.7. The molecule has 0 saturated heterocycles. The summed E-state index contributed by atoms with van der Waals surface area (Å²) in [4.78, 5) is 27.5. The first-order valence-corrected chi connectivity index (χ1v) is 6.53. The summed E-state index contributed by atoms with van der Waals surface area (Å²) in [5, 5.41) is 11.6. The number of amides is 1. The maximum Gasteiger partial charge on any atom is 0.335 e. The number of ether oxygens (including phenoxy) is 1. The Balaban J connectivity index is 2.32. The summed E-state index contributed by atoms with van der Waals surface area (Å²) in [6.45, 7) is 1.73. The van der Waals surface area contributed by atoms with Gasteiger partial charge in [-0.05, 0) is 25.1 Å². The summed E-state index contributed by atoms with van der Waals surface area (Å²) in [5.41, 5.74) is 2.59. The molecule has 1 aromatic carbocycles. The highest BCUT2D eigenvalue weighted by molar-refractivity contribution is 7.12. The molecule has 1 heterocycles. The van der Waals surface area contributed by atoms with Crippen molar-refractivity contribution in [3.63, 3.8) is 0 Å². The van der Waals surface area contributed by atoms with Gasteiger partial charge in [0.15, 0.2) is 0 Å². The van der Waals surface area contributed by atoms with Gasteiger partial charge in [-0.1, -0.05) is 0 Å². The Morgan fingerprint density at radius 3 is 2.70 bits per heavy atom. The Morgan fingerprint density at radius 1 is 1.40 bits per heavy atom. The molecule has 2 N–H and O–H groups in total. The summed E-state index contributed by atoms with van der Waals surface area (Å²) in [6.07, 6.45) is 0. The zero-order valence-electron chi connectivity index (χ0n) is 10.8. The topological polar surface area (TPSA) is 88.5 Å². The zero-order chi connectivity index (χ0) is 14.7. The summed E-state index contributed by atoms with van der Waals surface area (Å²) < 4.78 is 5.11. The molecule has 0 aliphatic rings. The Labute approximate surface area is 119 Å². The molecule has 0 radical (unpaired) electrons. The molecule has 0 spiro atoms. The molecule has 0 bridgehead atoms. The van der Waals surface area contributed by atoms with Crippen LogP contribution in [-0.2, 0) is 0 Å². The number of carbonyl (C=O) groups excluding carboxylic acids is 1. The normalized spacial score (nSPS) is 10.1. The number of aryl methyl sites for hydroxylation is 1. The second kappa shape index (κ2) is 5.70. The minimum atomic E-state index is -1.07. The number of anilines is 1. The fraction of sp³-hybridized carbons (Fsp3) is 0.154. The number of benzene rings is 1. The molecular formula is C13H12N2O4S. The van der Waals surface area contributed by atoms with Gasteiger partial charge in [0, 0.05) is 0 Å². The van der Waals surface area contributed by atoms with Crippen molar-refractivity contribution >= 4 is 28.9 Å². The summed E-state index contributed by atoms with van der Waals surface area (Å²) in [7, 11) is 1.45. The van der Waals surface area contributed by atoms with Crippen LogP contribution in [0.5, 0.6) is 5.75 Å². The van der Waals surface area contributed by atoms with Gasteiger partial charge in [0.2, 0.25) is 0 Å². The first-order chi connectivity index (χ1) is 9.52. The average molecular weight is 292 g/mol. The number of thiazole rings is 1. The van der Waals surface area contributed by atoms with Crippen molar-refractivity contribution in [3.05, 3.63) is 39.8 Å². The van der Waals surface area contributed by atoms with Crippen LogP contribution in [0.2, 0.25) is 0 Å². The van der Waals surface area contributed by atoms with E-state index in [1.165, 1.54) is 36.6 Å². The molecular weight excluding hydrogens is 280 g/mol. The number of hydrogen-bond donors (Lipinski definition) is 2. The minimum Gasteiger partial charge on any atom is -0.495 e. The van der Waals surface area contributed by atoms with Crippen LogP contribution in [0.25, 0.3) is 0 Å². The van der Waals surface area contributed by atoms with Gasteiger partial charge in [0.1, 0.15) is 10.6 Å². The van der Waals surface area contributed by atoms with Crippen molar-refractivity contribution in [2.24, 2.45) is 0 Å². The van der Waals surface area contributed by atoms with Crippen LogP contribution in [-0.4, -0.2) is 29.1 Å². The van der Waals surface area contributed by atoms with Crippen molar-refractivity contribution in [3.8, 4) is 5.75 Å². The summed E-state index contributed by atoms with van der Waals surface area (Å²) >= 11 is 1.22. The van der Waals surface area contributed by atoms with Crippen molar-refractivity contribution in [2.75, 3.05) is 12.4 Å². The predicted molar refractivity (Wildman–Crippen MR) is 74.8 cm³/mol. The van der Waals surface area contributed by atoms with E-state index in [2.05, 4.69) is 10.3 Å². The lowest BCUT2D eigenvalue weighted by Crippen LogP contribution is -2.13. The molecule has 0 fully saturated rings. The van der Waals surface area contributed by atoms with Crippen molar-refractivity contribution < 1.29 is 19.4 Å². The van der Waals surface area contributed by atoms with Gasteiger partial charge in [0.25, 0.3) is 5.91 Å². The smallest absolute Gasteiger partial charge is 0.335 e. The molecule has 0 atom stereocenters. The van der Waals surface area contributed by atoms with Crippen LogP contribution in [0.1, 0.15) is 25.7 Å². The lowest BCUT2D eigenvalue weighted by Gasteiger charge is -2.10. The van der Waals surface area contributed by atoms with Gasteiger partial charge in [0.05, 0.1) is 29.6 Å². The van der Waals surface area contributed by atoms with Gasteiger partial charge < -0.3 is 15.2 Å².